The molecule has 8 nitrogen and oxygen atoms in total. The normalized spacial score (nSPS) is 20.7. The van der Waals surface area contributed by atoms with Crippen molar-refractivity contribution in [3.8, 4) is 17.2 Å². The highest BCUT2D eigenvalue weighted by Crippen LogP contribution is 2.47. The molecule has 200 valence electrons. The van der Waals surface area contributed by atoms with Crippen LogP contribution in [0.15, 0.2) is 42.5 Å². The molecule has 1 saturated heterocycles. The van der Waals surface area contributed by atoms with Gasteiger partial charge in [0.1, 0.15) is 5.75 Å². The van der Waals surface area contributed by atoms with Gasteiger partial charge in [-0.15, -0.1) is 0 Å². The molecule has 2 heterocycles. The van der Waals surface area contributed by atoms with Gasteiger partial charge in [-0.25, -0.2) is 0 Å². The summed E-state index contributed by atoms with van der Waals surface area (Å²) in [7, 11) is 1.60. The van der Waals surface area contributed by atoms with Crippen molar-refractivity contribution in [3.63, 3.8) is 0 Å². The summed E-state index contributed by atoms with van der Waals surface area (Å²) in [6, 6.07) is 12.7. The van der Waals surface area contributed by atoms with Gasteiger partial charge in [-0.1, -0.05) is 44.9 Å². The first-order chi connectivity index (χ1) is 18.0. The van der Waals surface area contributed by atoms with Crippen molar-refractivity contribution in [2.24, 2.45) is 5.92 Å². The van der Waals surface area contributed by atoms with Gasteiger partial charge in [0.15, 0.2) is 11.5 Å². The summed E-state index contributed by atoms with van der Waals surface area (Å²) in [6.07, 6.45) is 3.94. The van der Waals surface area contributed by atoms with Crippen LogP contribution < -0.4 is 14.2 Å². The number of hydrogen-bond acceptors (Lipinski definition) is 6. The maximum Gasteiger partial charge on any atom is 0.309 e. The van der Waals surface area contributed by atoms with E-state index in [2.05, 4.69) is 13.8 Å². The van der Waals surface area contributed by atoms with Gasteiger partial charge in [0.2, 0.25) is 12.7 Å². The Bertz CT molecular complexity index is 1060. The Balaban J connectivity index is 1.67. The fourth-order valence-corrected chi connectivity index (χ4v) is 5.41. The number of carbonyl (C=O) groups is 2. The van der Waals surface area contributed by atoms with Crippen LogP contribution in [0.3, 0.4) is 0 Å². The number of likely N-dealkylation sites (tertiary alicyclic amines) is 1. The van der Waals surface area contributed by atoms with Gasteiger partial charge in [-0.2, -0.15) is 0 Å². The van der Waals surface area contributed by atoms with E-state index in [4.69, 9.17) is 14.2 Å². The molecular weight excluding hydrogens is 471 g/mol. The standard InChI is InChI=1S/C29H38N2O6/c1-4-6-14-30(15-7-5-2)26(32)18-31-17-23(21-10-13-24-25(16-21)37-19-36-24)27(29(33)34)28(31)20-8-11-22(35-3)12-9-20/h8-13,16,23,27-28H,4-7,14-15,17-19H2,1-3H3,(H,33,34)/t23-,27-,28+/m1/s1/i3-1. The molecule has 37 heavy (non-hydrogen) atoms. The van der Waals surface area contributed by atoms with Gasteiger partial charge in [-0.05, 0) is 48.2 Å². The predicted octanol–water partition coefficient (Wildman–Crippen LogP) is 4.69. The van der Waals surface area contributed by atoms with E-state index in [-0.39, 0.29) is 25.2 Å². The zero-order valence-corrected chi connectivity index (χ0v) is 22.0. The number of rotatable bonds is 12. The van der Waals surface area contributed by atoms with Crippen molar-refractivity contribution in [1.82, 2.24) is 9.80 Å². The van der Waals surface area contributed by atoms with E-state index in [0.29, 0.717) is 23.8 Å². The lowest BCUT2D eigenvalue weighted by Crippen LogP contribution is -2.42. The van der Waals surface area contributed by atoms with Gasteiger partial charge in [0.05, 0.1) is 19.6 Å². The second kappa shape index (κ2) is 12.3. The van der Waals surface area contributed by atoms with E-state index in [0.717, 1.165) is 49.9 Å². The van der Waals surface area contributed by atoms with Gasteiger partial charge >= 0.3 is 5.97 Å². The zero-order chi connectivity index (χ0) is 26.4. The van der Waals surface area contributed by atoms with Crippen LogP contribution in [0.4, 0.5) is 0 Å². The number of hydrogen-bond donors (Lipinski definition) is 1. The third-order valence-corrected chi connectivity index (χ3v) is 7.42. The molecule has 8 heteroatoms. The third-order valence-electron chi connectivity index (χ3n) is 7.42. The SMILES string of the molecule is CCCCN(CCCC)C(=O)CN1C[C@H](c2ccc3c(c2)OCO3)[C@@H](C(=O)O)[C@@H]1c1ccc(O[11CH3])cc1. The number of aliphatic carboxylic acids is 1. The maximum atomic E-state index is 13.5. The summed E-state index contributed by atoms with van der Waals surface area (Å²) in [4.78, 5) is 30.3. The molecule has 0 spiro atoms. The molecular formula is C29H38N2O6. The topological polar surface area (TPSA) is 88.5 Å². The average molecular weight is 510 g/mol. The minimum atomic E-state index is -0.882. The van der Waals surface area contributed by atoms with Crippen LogP contribution in [0.1, 0.15) is 62.6 Å². The van der Waals surface area contributed by atoms with E-state index in [9.17, 15) is 14.7 Å². The Kier molecular flexibility index (Phi) is 8.92. The number of nitrogens with zero attached hydrogens (tertiary/aromatic N) is 2. The highest BCUT2D eigenvalue weighted by atomic mass is 16.7. The first-order valence-electron chi connectivity index (χ1n) is 13.2. The van der Waals surface area contributed by atoms with Crippen molar-refractivity contribution >= 4 is 11.9 Å². The highest BCUT2D eigenvalue weighted by Gasteiger charge is 2.48. The van der Waals surface area contributed by atoms with Crippen LogP contribution in [-0.2, 0) is 9.59 Å². The van der Waals surface area contributed by atoms with Crippen molar-refractivity contribution in [2.75, 3.05) is 40.1 Å². The lowest BCUT2D eigenvalue weighted by molar-refractivity contribution is -0.144. The van der Waals surface area contributed by atoms with Crippen LogP contribution in [0.25, 0.3) is 0 Å². The number of fused-ring (bicyclic) bond motifs is 1. The minimum Gasteiger partial charge on any atom is -0.497 e. The minimum absolute atomic E-state index is 0.0517. The Labute approximate surface area is 219 Å². The van der Waals surface area contributed by atoms with Crippen LogP contribution in [0.5, 0.6) is 17.2 Å². The van der Waals surface area contributed by atoms with Crippen molar-refractivity contribution in [2.45, 2.75) is 51.5 Å². The molecule has 1 fully saturated rings. The first-order valence-corrected chi connectivity index (χ1v) is 13.2. The van der Waals surface area contributed by atoms with Crippen LogP contribution >= 0.6 is 0 Å². The Morgan fingerprint density at radius 2 is 1.65 bits per heavy atom. The fourth-order valence-electron chi connectivity index (χ4n) is 5.41. The van der Waals surface area contributed by atoms with Gasteiger partial charge < -0.3 is 24.2 Å². The predicted molar refractivity (Wildman–Crippen MR) is 140 cm³/mol. The monoisotopic (exact) mass is 509 g/mol. The number of amides is 1. The van der Waals surface area contributed by atoms with Crippen molar-refractivity contribution < 1.29 is 28.9 Å². The molecule has 0 aliphatic carbocycles. The summed E-state index contributed by atoms with van der Waals surface area (Å²) in [6.45, 7) is 6.48. The maximum absolute atomic E-state index is 13.5. The molecule has 0 saturated carbocycles. The molecule has 0 unspecified atom stereocenters. The summed E-state index contributed by atoms with van der Waals surface area (Å²) in [5.74, 6) is 0.113. The number of ether oxygens (including phenoxy) is 3. The molecule has 2 aliphatic heterocycles. The van der Waals surface area contributed by atoms with Gasteiger partial charge in [-0.3, -0.25) is 14.5 Å². The number of unbranched alkanes of at least 4 members (excludes halogenated alkanes) is 2. The molecule has 2 aromatic carbocycles. The molecule has 0 bridgehead atoms. The van der Waals surface area contributed by atoms with Gasteiger partial charge in [0, 0.05) is 31.6 Å². The van der Waals surface area contributed by atoms with E-state index in [1.807, 2.05) is 52.3 Å². The average Bonchev–Trinajstić information content (AvgIpc) is 3.53. The molecule has 3 atom stereocenters. The Hall–Kier alpha value is -3.26. The smallest absolute Gasteiger partial charge is 0.309 e. The number of methoxy groups -OCH3 is 1. The second-order valence-corrected chi connectivity index (χ2v) is 9.82. The third kappa shape index (κ3) is 6.01. The summed E-state index contributed by atoms with van der Waals surface area (Å²) >= 11 is 0. The fraction of sp³-hybridized carbons (Fsp3) is 0.517. The number of carboxylic acid groups (broad SMARTS) is 1. The molecule has 1 N–H and O–H groups in total. The van der Waals surface area contributed by atoms with Gasteiger partial charge in [0.25, 0.3) is 0 Å². The zero-order valence-electron chi connectivity index (χ0n) is 22.0. The lowest BCUT2D eigenvalue weighted by atomic mass is 9.82. The number of benzene rings is 2. The van der Waals surface area contributed by atoms with Crippen molar-refractivity contribution in [3.05, 3.63) is 53.6 Å². The molecule has 0 radical (unpaired) electrons. The van der Waals surface area contributed by atoms with Crippen LogP contribution in [0, 0.1) is 5.92 Å². The highest BCUT2D eigenvalue weighted by molar-refractivity contribution is 5.79. The van der Waals surface area contributed by atoms with Crippen LogP contribution in [-0.4, -0.2) is 66.9 Å². The second-order valence-electron chi connectivity index (χ2n) is 9.82. The Morgan fingerprint density at radius 1 is 1.00 bits per heavy atom. The van der Waals surface area contributed by atoms with E-state index in [1.165, 1.54) is 0 Å². The van der Waals surface area contributed by atoms with E-state index in [1.54, 1.807) is 7.11 Å². The summed E-state index contributed by atoms with van der Waals surface area (Å²) < 4.78 is 16.3. The van der Waals surface area contributed by atoms with Crippen LogP contribution in [0.2, 0.25) is 0 Å². The molecule has 4 rings (SSSR count). The Morgan fingerprint density at radius 3 is 2.27 bits per heavy atom. The lowest BCUT2D eigenvalue weighted by Gasteiger charge is -2.30. The molecule has 2 aromatic rings. The number of carbonyl (C=O) groups excluding carboxylic acids is 1. The summed E-state index contributed by atoms with van der Waals surface area (Å²) in [5, 5.41) is 10.5. The first kappa shape index (κ1) is 26.8. The van der Waals surface area contributed by atoms with E-state index < -0.39 is 17.9 Å². The van der Waals surface area contributed by atoms with Crippen molar-refractivity contribution in [1.29, 1.82) is 0 Å². The quantitative estimate of drug-likeness (QED) is 0.444. The largest absolute Gasteiger partial charge is 0.497 e. The molecule has 0 aromatic heterocycles. The molecule has 2 aliphatic rings. The van der Waals surface area contributed by atoms with E-state index >= 15 is 0 Å². The molecule has 1 amide bonds. The summed E-state index contributed by atoms with van der Waals surface area (Å²) in [5.41, 5.74) is 1.73. The number of carboxylic acids is 1.